The molecular weight excluding hydrogens is 416 g/mol. The van der Waals surface area contributed by atoms with Crippen molar-refractivity contribution in [3.63, 3.8) is 0 Å². The number of piperidine rings is 1. The molecular formula is C21H20N6O5. The molecule has 3 N–H and O–H groups in total. The van der Waals surface area contributed by atoms with Crippen LogP contribution in [-0.4, -0.2) is 56.2 Å². The third-order valence-corrected chi connectivity index (χ3v) is 5.82. The summed E-state index contributed by atoms with van der Waals surface area (Å²) in [4.78, 5) is 57.0. The van der Waals surface area contributed by atoms with Gasteiger partial charge in [0, 0.05) is 29.8 Å². The minimum atomic E-state index is -0.987. The summed E-state index contributed by atoms with van der Waals surface area (Å²) in [6, 6.07) is 6.09. The fourth-order valence-electron chi connectivity index (χ4n) is 4.34. The van der Waals surface area contributed by atoms with Gasteiger partial charge in [-0.2, -0.15) is 4.98 Å². The number of imide groups is 2. The van der Waals surface area contributed by atoms with Crippen LogP contribution in [0.4, 0.5) is 5.69 Å². The smallest absolute Gasteiger partial charge is 0.278 e. The first-order valence-electron chi connectivity index (χ1n) is 10.3. The number of nitrogen functional groups attached to an aromatic ring is 1. The van der Waals surface area contributed by atoms with Gasteiger partial charge in [0.2, 0.25) is 23.5 Å². The van der Waals surface area contributed by atoms with E-state index in [1.165, 1.54) is 0 Å². The molecule has 5 rings (SSSR count). The van der Waals surface area contributed by atoms with Crippen LogP contribution < -0.4 is 11.1 Å². The topological polar surface area (TPSA) is 152 Å². The summed E-state index contributed by atoms with van der Waals surface area (Å²) in [6.45, 7) is 0.674. The van der Waals surface area contributed by atoms with Gasteiger partial charge in [-0.1, -0.05) is 17.3 Å². The van der Waals surface area contributed by atoms with E-state index < -0.39 is 29.7 Å². The number of hydrogen-bond donors (Lipinski definition) is 2. The molecule has 1 fully saturated rings. The van der Waals surface area contributed by atoms with Gasteiger partial charge in [-0.3, -0.25) is 29.4 Å². The van der Waals surface area contributed by atoms with E-state index in [0.717, 1.165) is 4.90 Å². The van der Waals surface area contributed by atoms with Gasteiger partial charge in [0.25, 0.3) is 11.8 Å². The second-order valence-corrected chi connectivity index (χ2v) is 7.94. The zero-order valence-electron chi connectivity index (χ0n) is 17.0. The molecule has 0 aliphatic carbocycles. The van der Waals surface area contributed by atoms with Crippen LogP contribution >= 0.6 is 0 Å². The van der Waals surface area contributed by atoms with Gasteiger partial charge in [0.05, 0.1) is 6.54 Å². The predicted octanol–water partition coefficient (Wildman–Crippen LogP) is 0.343. The molecule has 4 amide bonds. The molecule has 1 unspecified atom stereocenters. The average Bonchev–Trinajstić information content (AvgIpc) is 3.32. The molecule has 1 saturated heterocycles. The molecule has 0 saturated carbocycles. The van der Waals surface area contributed by atoms with E-state index in [1.54, 1.807) is 23.1 Å². The van der Waals surface area contributed by atoms with E-state index in [0.29, 0.717) is 42.0 Å². The largest absolute Gasteiger partial charge is 0.399 e. The van der Waals surface area contributed by atoms with Crippen LogP contribution in [0.25, 0.3) is 11.4 Å². The minimum Gasteiger partial charge on any atom is -0.399 e. The van der Waals surface area contributed by atoms with Gasteiger partial charge in [-0.15, -0.1) is 0 Å². The van der Waals surface area contributed by atoms with Crippen molar-refractivity contribution < 1.29 is 23.7 Å². The quantitative estimate of drug-likeness (QED) is 0.510. The molecule has 0 spiro atoms. The first-order valence-corrected chi connectivity index (χ1v) is 10.3. The van der Waals surface area contributed by atoms with E-state index >= 15 is 0 Å². The van der Waals surface area contributed by atoms with Crippen molar-refractivity contribution in [2.75, 3.05) is 12.3 Å². The molecule has 1 atom stereocenters. The van der Waals surface area contributed by atoms with Gasteiger partial charge >= 0.3 is 0 Å². The summed E-state index contributed by atoms with van der Waals surface area (Å²) < 4.78 is 5.37. The second kappa shape index (κ2) is 7.59. The monoisotopic (exact) mass is 436 g/mol. The zero-order chi connectivity index (χ0) is 22.4. The standard InChI is InChI=1S/C21H20N6O5/c22-12-4-1-3-11(9-12)18-24-16(32-25-18)10-26-8-2-5-13-17(26)21(31)27(20(13)30)14-6-7-15(28)23-19(14)29/h1,3-4,9,14H,2,5-8,10,22H2,(H,23,28,29). The molecule has 1 aromatic heterocycles. The van der Waals surface area contributed by atoms with Crippen molar-refractivity contribution in [2.24, 2.45) is 0 Å². The summed E-state index contributed by atoms with van der Waals surface area (Å²) in [5, 5.41) is 6.19. The Labute approximate surface area is 182 Å². The van der Waals surface area contributed by atoms with Crippen LogP contribution in [0.5, 0.6) is 0 Å². The van der Waals surface area contributed by atoms with Crippen molar-refractivity contribution in [2.45, 2.75) is 38.3 Å². The second-order valence-electron chi connectivity index (χ2n) is 7.94. The fraction of sp³-hybridized carbons (Fsp3) is 0.333. The van der Waals surface area contributed by atoms with E-state index in [1.807, 2.05) is 6.07 Å². The molecule has 2 aromatic rings. The van der Waals surface area contributed by atoms with Crippen molar-refractivity contribution in [1.82, 2.24) is 25.3 Å². The maximum Gasteiger partial charge on any atom is 0.278 e. The lowest BCUT2D eigenvalue weighted by Crippen LogP contribution is -2.55. The number of nitrogens with two attached hydrogens (primary N) is 1. The maximum absolute atomic E-state index is 13.2. The van der Waals surface area contributed by atoms with E-state index in [9.17, 15) is 19.2 Å². The molecule has 11 nitrogen and oxygen atoms in total. The maximum atomic E-state index is 13.2. The highest BCUT2D eigenvalue weighted by atomic mass is 16.5. The Hall–Kier alpha value is -4.02. The summed E-state index contributed by atoms with van der Waals surface area (Å²) >= 11 is 0. The normalized spacial score (nSPS) is 21.3. The molecule has 32 heavy (non-hydrogen) atoms. The van der Waals surface area contributed by atoms with Crippen LogP contribution in [0, 0.1) is 0 Å². The third-order valence-electron chi connectivity index (χ3n) is 5.82. The van der Waals surface area contributed by atoms with Crippen LogP contribution in [0.1, 0.15) is 31.6 Å². The highest BCUT2D eigenvalue weighted by Gasteiger charge is 2.48. The summed E-state index contributed by atoms with van der Waals surface area (Å²) in [5.74, 6) is -1.38. The Morgan fingerprint density at radius 2 is 2.00 bits per heavy atom. The van der Waals surface area contributed by atoms with Crippen LogP contribution in [0.15, 0.2) is 40.1 Å². The summed E-state index contributed by atoms with van der Waals surface area (Å²) in [5.41, 5.74) is 7.72. The number of carbonyl (C=O) groups excluding carboxylic acids is 4. The van der Waals surface area contributed by atoms with E-state index in [2.05, 4.69) is 15.5 Å². The number of anilines is 1. The number of aromatic nitrogens is 2. The number of nitrogens with zero attached hydrogens (tertiary/aromatic N) is 4. The Bertz CT molecular complexity index is 1180. The van der Waals surface area contributed by atoms with Gasteiger partial charge < -0.3 is 15.2 Å². The first kappa shape index (κ1) is 19.9. The summed E-state index contributed by atoms with van der Waals surface area (Å²) in [6.07, 6.45) is 1.31. The van der Waals surface area contributed by atoms with Gasteiger partial charge in [0.1, 0.15) is 11.7 Å². The molecule has 0 radical (unpaired) electrons. The molecule has 3 aliphatic rings. The van der Waals surface area contributed by atoms with E-state index in [-0.39, 0.29) is 31.0 Å². The Kier molecular flexibility index (Phi) is 4.72. The van der Waals surface area contributed by atoms with Gasteiger partial charge in [-0.25, -0.2) is 0 Å². The lowest BCUT2D eigenvalue weighted by atomic mass is 10.0. The Morgan fingerprint density at radius 1 is 1.16 bits per heavy atom. The molecule has 0 bridgehead atoms. The number of rotatable bonds is 4. The molecule has 1 aromatic carbocycles. The van der Waals surface area contributed by atoms with Gasteiger partial charge in [0.15, 0.2) is 0 Å². The predicted molar refractivity (Wildman–Crippen MR) is 109 cm³/mol. The van der Waals surface area contributed by atoms with Crippen LogP contribution in [-0.2, 0) is 25.7 Å². The highest BCUT2D eigenvalue weighted by Crippen LogP contribution is 2.34. The molecule has 164 valence electrons. The summed E-state index contributed by atoms with van der Waals surface area (Å²) in [7, 11) is 0. The number of benzene rings is 1. The van der Waals surface area contributed by atoms with Crippen LogP contribution in [0.2, 0.25) is 0 Å². The fourth-order valence-corrected chi connectivity index (χ4v) is 4.34. The SMILES string of the molecule is Nc1cccc(-c2noc(CN3CCCC4=C3C(=O)N(C3CCC(=O)NC3=O)C4=O)n2)c1. The van der Waals surface area contributed by atoms with Gasteiger partial charge in [-0.05, 0) is 31.4 Å². The van der Waals surface area contributed by atoms with Crippen molar-refractivity contribution in [3.8, 4) is 11.4 Å². The van der Waals surface area contributed by atoms with Crippen molar-refractivity contribution in [1.29, 1.82) is 0 Å². The Balaban J connectivity index is 1.38. The Morgan fingerprint density at radius 3 is 2.78 bits per heavy atom. The van der Waals surface area contributed by atoms with Crippen LogP contribution in [0.3, 0.4) is 0 Å². The van der Waals surface area contributed by atoms with Crippen molar-refractivity contribution >= 4 is 29.3 Å². The molecule has 4 heterocycles. The average molecular weight is 436 g/mol. The molecule has 3 aliphatic heterocycles. The number of amides is 4. The third kappa shape index (κ3) is 3.31. The number of hydrogen-bond acceptors (Lipinski definition) is 9. The lowest BCUT2D eigenvalue weighted by molar-refractivity contribution is -0.150. The molecule has 11 heteroatoms. The lowest BCUT2D eigenvalue weighted by Gasteiger charge is -2.29. The first-order chi connectivity index (χ1) is 15.4. The number of carbonyl (C=O) groups is 4. The van der Waals surface area contributed by atoms with E-state index in [4.69, 9.17) is 10.3 Å². The number of nitrogens with one attached hydrogen (secondary N) is 1. The zero-order valence-corrected chi connectivity index (χ0v) is 17.0. The highest BCUT2D eigenvalue weighted by molar-refractivity contribution is 6.21. The van der Waals surface area contributed by atoms with Crippen molar-refractivity contribution in [3.05, 3.63) is 41.4 Å². The minimum absolute atomic E-state index is 0.0800.